The predicted octanol–water partition coefficient (Wildman–Crippen LogP) is 3.51. The average Bonchev–Trinajstić information content (AvgIpc) is 2.12. The fourth-order valence-corrected chi connectivity index (χ4v) is 1.82. The van der Waals surface area contributed by atoms with Crippen molar-refractivity contribution in [1.29, 1.82) is 0 Å². The highest BCUT2D eigenvalue weighted by Gasteiger charge is 2.04. The van der Waals surface area contributed by atoms with Crippen molar-refractivity contribution < 1.29 is 5.11 Å². The summed E-state index contributed by atoms with van der Waals surface area (Å²) in [4.78, 5) is 0. The summed E-state index contributed by atoms with van der Waals surface area (Å²) in [5.41, 5.74) is 0.836. The highest BCUT2D eigenvalue weighted by atomic mass is 35.5. The summed E-state index contributed by atoms with van der Waals surface area (Å²) in [6, 6.07) is 9.27. The van der Waals surface area contributed by atoms with E-state index in [1.807, 2.05) is 31.2 Å². The first-order valence-electron chi connectivity index (χ1n) is 4.07. The van der Waals surface area contributed by atoms with Crippen molar-refractivity contribution in [2.45, 2.75) is 6.92 Å². The number of hydrogen-bond donors (Lipinski definition) is 1. The summed E-state index contributed by atoms with van der Waals surface area (Å²) in [6.07, 6.45) is 0. The lowest BCUT2D eigenvalue weighted by atomic mass is 10.0. The average molecular weight is 193 g/mol. The van der Waals surface area contributed by atoms with Crippen molar-refractivity contribution in [1.82, 2.24) is 0 Å². The highest BCUT2D eigenvalue weighted by Crippen LogP contribution is 2.31. The van der Waals surface area contributed by atoms with E-state index in [9.17, 15) is 5.11 Å². The highest BCUT2D eigenvalue weighted by molar-refractivity contribution is 6.35. The first-order chi connectivity index (χ1) is 6.20. The molecule has 0 atom stereocenters. The number of halogens is 1. The molecule has 0 heterocycles. The van der Waals surface area contributed by atoms with Gasteiger partial charge in [-0.3, -0.25) is 0 Å². The Hall–Kier alpha value is -1.21. The molecule has 0 saturated heterocycles. The molecule has 0 amide bonds. The maximum absolute atomic E-state index is 9.48. The summed E-state index contributed by atoms with van der Waals surface area (Å²) in [5, 5.41) is 12.2. The minimum absolute atomic E-state index is 0.292. The fourth-order valence-electron chi connectivity index (χ4n) is 1.50. The summed E-state index contributed by atoms with van der Waals surface area (Å²) in [7, 11) is 0. The van der Waals surface area contributed by atoms with Crippen LogP contribution in [0, 0.1) is 6.92 Å². The molecular formula is C11H9ClO. The number of aryl methyl sites for hydroxylation is 1. The van der Waals surface area contributed by atoms with Gasteiger partial charge in [-0.15, -0.1) is 0 Å². The van der Waals surface area contributed by atoms with Crippen LogP contribution in [-0.4, -0.2) is 5.11 Å². The molecule has 0 saturated carbocycles. The van der Waals surface area contributed by atoms with Gasteiger partial charge in [0.1, 0.15) is 5.75 Å². The van der Waals surface area contributed by atoms with Gasteiger partial charge >= 0.3 is 0 Å². The number of fused-ring (bicyclic) bond motifs is 1. The molecule has 2 heteroatoms. The molecule has 0 bridgehead atoms. The molecule has 0 aromatic heterocycles. The second-order valence-electron chi connectivity index (χ2n) is 3.05. The van der Waals surface area contributed by atoms with Crippen molar-refractivity contribution in [3.05, 3.63) is 40.9 Å². The molecule has 0 unspecified atom stereocenters. The zero-order valence-corrected chi connectivity index (χ0v) is 7.97. The number of phenols is 1. The Morgan fingerprint density at radius 3 is 2.69 bits per heavy atom. The Labute approximate surface area is 81.6 Å². The molecule has 0 radical (unpaired) electrons. The van der Waals surface area contributed by atoms with E-state index in [4.69, 9.17) is 11.6 Å². The van der Waals surface area contributed by atoms with E-state index in [2.05, 4.69) is 0 Å². The van der Waals surface area contributed by atoms with Crippen LogP contribution < -0.4 is 0 Å². The number of phenolic OH excluding ortho intramolecular Hbond substituents is 1. The van der Waals surface area contributed by atoms with Crippen molar-refractivity contribution >= 4 is 22.4 Å². The predicted molar refractivity (Wildman–Crippen MR) is 55.4 cm³/mol. The van der Waals surface area contributed by atoms with Gasteiger partial charge in [-0.2, -0.15) is 0 Å². The quantitative estimate of drug-likeness (QED) is 0.677. The lowest BCUT2D eigenvalue weighted by molar-refractivity contribution is 0.472. The topological polar surface area (TPSA) is 20.2 Å². The lowest BCUT2D eigenvalue weighted by Gasteiger charge is -2.05. The van der Waals surface area contributed by atoms with Gasteiger partial charge in [0.15, 0.2) is 0 Å². The maximum atomic E-state index is 9.48. The summed E-state index contributed by atoms with van der Waals surface area (Å²) in [6.45, 7) is 1.86. The molecule has 13 heavy (non-hydrogen) atoms. The van der Waals surface area contributed by atoms with Crippen LogP contribution in [0.1, 0.15) is 5.56 Å². The summed E-state index contributed by atoms with van der Waals surface area (Å²) >= 11 is 6.02. The van der Waals surface area contributed by atoms with Crippen LogP contribution in [0.25, 0.3) is 10.8 Å². The third-order valence-corrected chi connectivity index (χ3v) is 2.54. The third kappa shape index (κ3) is 1.25. The molecule has 2 aromatic rings. The van der Waals surface area contributed by atoms with E-state index in [0.717, 1.165) is 16.3 Å². The smallest absolute Gasteiger partial charge is 0.119 e. The number of rotatable bonds is 0. The standard InChI is InChI=1S/C11H9ClO/c1-7-10(13)6-5-8-3-2-4-9(12)11(7)8/h2-6,13H,1H3. The third-order valence-electron chi connectivity index (χ3n) is 2.23. The molecule has 0 aliphatic rings. The van der Waals surface area contributed by atoms with Gasteiger partial charge in [0.25, 0.3) is 0 Å². The molecule has 2 rings (SSSR count). The summed E-state index contributed by atoms with van der Waals surface area (Å²) in [5.74, 6) is 0.292. The molecule has 2 aromatic carbocycles. The molecule has 0 spiro atoms. The fraction of sp³-hybridized carbons (Fsp3) is 0.0909. The zero-order valence-electron chi connectivity index (χ0n) is 7.21. The van der Waals surface area contributed by atoms with Gasteiger partial charge in [-0.1, -0.05) is 29.8 Å². The van der Waals surface area contributed by atoms with Gasteiger partial charge < -0.3 is 5.11 Å². The molecule has 0 aliphatic heterocycles. The number of hydrogen-bond acceptors (Lipinski definition) is 1. The van der Waals surface area contributed by atoms with Crippen molar-refractivity contribution in [3.63, 3.8) is 0 Å². The Morgan fingerprint density at radius 2 is 1.92 bits per heavy atom. The summed E-state index contributed by atoms with van der Waals surface area (Å²) < 4.78 is 0. The van der Waals surface area contributed by atoms with E-state index >= 15 is 0 Å². The van der Waals surface area contributed by atoms with E-state index in [1.54, 1.807) is 6.07 Å². The Bertz CT molecular complexity index is 463. The molecular weight excluding hydrogens is 184 g/mol. The van der Waals surface area contributed by atoms with Crippen LogP contribution in [0.2, 0.25) is 5.02 Å². The second kappa shape index (κ2) is 2.93. The van der Waals surface area contributed by atoms with Crippen LogP contribution in [-0.2, 0) is 0 Å². The minimum atomic E-state index is 0.292. The van der Waals surface area contributed by atoms with Gasteiger partial charge in [-0.25, -0.2) is 0 Å². The van der Waals surface area contributed by atoms with Crippen LogP contribution >= 0.6 is 11.6 Å². The van der Waals surface area contributed by atoms with Gasteiger partial charge in [0.05, 0.1) is 0 Å². The Kier molecular flexibility index (Phi) is 1.89. The molecule has 0 fully saturated rings. The number of aromatic hydroxyl groups is 1. The maximum Gasteiger partial charge on any atom is 0.119 e. The van der Waals surface area contributed by atoms with Gasteiger partial charge in [0, 0.05) is 16.0 Å². The van der Waals surface area contributed by atoms with Gasteiger partial charge in [0.2, 0.25) is 0 Å². The monoisotopic (exact) mass is 192 g/mol. The van der Waals surface area contributed by atoms with E-state index < -0.39 is 0 Å². The largest absolute Gasteiger partial charge is 0.508 e. The lowest BCUT2D eigenvalue weighted by Crippen LogP contribution is -1.80. The molecule has 1 N–H and O–H groups in total. The van der Waals surface area contributed by atoms with Crippen molar-refractivity contribution in [2.75, 3.05) is 0 Å². The van der Waals surface area contributed by atoms with Crippen LogP contribution in [0.15, 0.2) is 30.3 Å². The van der Waals surface area contributed by atoms with Crippen LogP contribution in [0.3, 0.4) is 0 Å². The first-order valence-corrected chi connectivity index (χ1v) is 4.45. The van der Waals surface area contributed by atoms with E-state index in [0.29, 0.717) is 10.8 Å². The van der Waals surface area contributed by atoms with E-state index in [1.165, 1.54) is 0 Å². The SMILES string of the molecule is Cc1c(O)ccc2cccc(Cl)c12. The molecule has 66 valence electrons. The Balaban J connectivity index is 2.97. The van der Waals surface area contributed by atoms with Gasteiger partial charge in [-0.05, 0) is 24.4 Å². The molecule has 0 aliphatic carbocycles. The van der Waals surface area contributed by atoms with Crippen molar-refractivity contribution in [3.8, 4) is 5.75 Å². The first kappa shape index (κ1) is 8.39. The van der Waals surface area contributed by atoms with Crippen molar-refractivity contribution in [2.24, 2.45) is 0 Å². The zero-order chi connectivity index (χ0) is 9.42. The minimum Gasteiger partial charge on any atom is -0.508 e. The van der Waals surface area contributed by atoms with Crippen LogP contribution in [0.4, 0.5) is 0 Å². The van der Waals surface area contributed by atoms with Crippen LogP contribution in [0.5, 0.6) is 5.75 Å². The Morgan fingerprint density at radius 1 is 1.15 bits per heavy atom. The number of benzene rings is 2. The second-order valence-corrected chi connectivity index (χ2v) is 3.45. The van der Waals surface area contributed by atoms with E-state index in [-0.39, 0.29) is 0 Å². The molecule has 1 nitrogen and oxygen atoms in total. The normalized spacial score (nSPS) is 10.6.